The molecular weight excluding hydrogens is 475 g/mol. The zero-order valence-electron chi connectivity index (χ0n) is 18.8. The molecule has 2 aliphatic rings. The number of alkyl halides is 3. The summed E-state index contributed by atoms with van der Waals surface area (Å²) in [6, 6.07) is 4.93. The fourth-order valence-corrected chi connectivity index (χ4v) is 6.66. The number of benzene rings is 1. The lowest BCUT2D eigenvalue weighted by atomic mass is 9.96. The maximum Gasteiger partial charge on any atom is 0.417 e. The number of rotatable bonds is 5. The zero-order valence-corrected chi connectivity index (χ0v) is 19.6. The summed E-state index contributed by atoms with van der Waals surface area (Å²) in [6.45, 7) is 1.07. The first-order valence-electron chi connectivity index (χ1n) is 10.9. The Morgan fingerprint density at radius 2 is 1.88 bits per heavy atom. The highest BCUT2D eigenvalue weighted by Crippen LogP contribution is 2.39. The normalized spacial score (nSPS) is 22.2. The highest BCUT2D eigenvalue weighted by atomic mass is 32.2. The Morgan fingerprint density at radius 1 is 1.21 bits per heavy atom. The van der Waals surface area contributed by atoms with Crippen molar-refractivity contribution in [3.8, 4) is 0 Å². The summed E-state index contributed by atoms with van der Waals surface area (Å²) >= 11 is 0. The third-order valence-corrected chi connectivity index (χ3v) is 8.70. The van der Waals surface area contributed by atoms with Gasteiger partial charge in [0.05, 0.1) is 22.8 Å². The molecular formula is C22H26F3N3O5S. The van der Waals surface area contributed by atoms with Gasteiger partial charge >= 0.3 is 12.1 Å². The highest BCUT2D eigenvalue weighted by Gasteiger charge is 2.47. The van der Waals surface area contributed by atoms with E-state index in [1.165, 1.54) is 18.1 Å². The van der Waals surface area contributed by atoms with Crippen molar-refractivity contribution >= 4 is 21.6 Å². The maximum atomic E-state index is 13.5. The molecule has 34 heavy (non-hydrogen) atoms. The molecule has 2 saturated heterocycles. The van der Waals surface area contributed by atoms with Crippen LogP contribution in [0, 0.1) is 0 Å². The molecule has 0 amide bonds. The summed E-state index contributed by atoms with van der Waals surface area (Å²) in [4.78, 5) is 13.3. The van der Waals surface area contributed by atoms with E-state index in [4.69, 9.17) is 9.47 Å². The second kappa shape index (κ2) is 9.21. The van der Waals surface area contributed by atoms with Gasteiger partial charge in [-0.05, 0) is 31.4 Å². The van der Waals surface area contributed by atoms with Crippen molar-refractivity contribution in [3.05, 3.63) is 41.6 Å². The average molecular weight is 502 g/mol. The predicted octanol–water partition coefficient (Wildman–Crippen LogP) is 2.93. The van der Waals surface area contributed by atoms with Gasteiger partial charge in [0, 0.05) is 44.5 Å². The topological polar surface area (TPSA) is 90.7 Å². The van der Waals surface area contributed by atoms with E-state index in [9.17, 15) is 26.4 Å². The van der Waals surface area contributed by atoms with E-state index in [0.717, 1.165) is 36.7 Å². The Morgan fingerprint density at radius 3 is 2.53 bits per heavy atom. The van der Waals surface area contributed by atoms with E-state index in [-0.39, 0.29) is 18.9 Å². The van der Waals surface area contributed by atoms with Crippen LogP contribution in [0.3, 0.4) is 0 Å². The highest BCUT2D eigenvalue weighted by molar-refractivity contribution is 7.92. The van der Waals surface area contributed by atoms with Crippen molar-refractivity contribution in [1.82, 2.24) is 9.78 Å². The largest absolute Gasteiger partial charge is 0.467 e. The molecule has 0 bridgehead atoms. The number of sulfone groups is 1. The molecule has 1 unspecified atom stereocenters. The average Bonchev–Trinajstić information content (AvgIpc) is 3.43. The Hall–Kier alpha value is -2.60. The third kappa shape index (κ3) is 4.52. The van der Waals surface area contributed by atoms with E-state index >= 15 is 0 Å². The number of aryl methyl sites for hydroxylation is 1. The van der Waals surface area contributed by atoms with E-state index in [1.54, 1.807) is 11.7 Å². The number of methoxy groups -OCH3 is 1. The van der Waals surface area contributed by atoms with Crippen molar-refractivity contribution in [3.63, 3.8) is 0 Å². The Bertz CT molecular complexity index is 1160. The Labute approximate surface area is 195 Å². The zero-order chi connectivity index (χ0) is 24.7. The van der Waals surface area contributed by atoms with E-state index in [1.807, 2.05) is 6.07 Å². The van der Waals surface area contributed by atoms with E-state index in [0.29, 0.717) is 19.0 Å². The maximum absolute atomic E-state index is 13.5. The van der Waals surface area contributed by atoms with Crippen LogP contribution in [0.25, 0.3) is 0 Å². The number of halogens is 3. The summed E-state index contributed by atoms with van der Waals surface area (Å²) in [5.74, 6) is -0.0707. The van der Waals surface area contributed by atoms with Crippen LogP contribution in [0.1, 0.15) is 36.4 Å². The lowest BCUT2D eigenvalue weighted by molar-refractivity contribution is -0.142. The van der Waals surface area contributed by atoms with Gasteiger partial charge in [-0.3, -0.25) is 4.68 Å². The van der Waals surface area contributed by atoms with Crippen LogP contribution in [0.2, 0.25) is 0 Å². The van der Waals surface area contributed by atoms with Crippen LogP contribution in [-0.4, -0.2) is 62.3 Å². The summed E-state index contributed by atoms with van der Waals surface area (Å²) in [7, 11) is -1.46. The van der Waals surface area contributed by atoms with Gasteiger partial charge < -0.3 is 14.4 Å². The minimum atomic E-state index is -4.83. The fourth-order valence-electron chi connectivity index (χ4n) is 4.75. The minimum absolute atomic E-state index is 0.182. The van der Waals surface area contributed by atoms with Crippen molar-refractivity contribution in [2.75, 3.05) is 31.8 Å². The summed E-state index contributed by atoms with van der Waals surface area (Å²) in [5.41, 5.74) is -0.293. The molecule has 2 aliphatic heterocycles. The van der Waals surface area contributed by atoms with Gasteiger partial charge in [-0.1, -0.05) is 12.1 Å². The molecule has 4 rings (SSSR count). The molecule has 1 aromatic carbocycles. The third-order valence-electron chi connectivity index (χ3n) is 6.51. The number of carbonyl (C=O) groups is 1. The number of anilines is 1. The number of esters is 1. The Kier molecular flexibility index (Phi) is 6.65. The number of aromatic nitrogens is 2. The van der Waals surface area contributed by atoms with Crippen LogP contribution < -0.4 is 4.90 Å². The number of hydrogen-bond acceptors (Lipinski definition) is 7. The molecule has 0 spiro atoms. The summed E-state index contributed by atoms with van der Waals surface area (Å²) < 4.78 is 79.2. The number of ether oxygens (including phenoxy) is 2. The lowest BCUT2D eigenvalue weighted by Gasteiger charge is -2.22. The predicted molar refractivity (Wildman–Crippen MR) is 116 cm³/mol. The number of carbonyl (C=O) groups excluding carboxylic acids is 1. The monoisotopic (exact) mass is 501 g/mol. The van der Waals surface area contributed by atoms with Crippen molar-refractivity contribution in [2.45, 2.75) is 47.5 Å². The molecule has 186 valence electrons. The quantitative estimate of drug-likeness (QED) is 0.582. The van der Waals surface area contributed by atoms with Gasteiger partial charge in [-0.25, -0.2) is 13.2 Å². The van der Waals surface area contributed by atoms with Crippen LogP contribution in [-0.2, 0) is 37.3 Å². The molecule has 3 heterocycles. The molecule has 0 N–H and O–H groups in total. The Balaban J connectivity index is 1.68. The van der Waals surface area contributed by atoms with E-state index < -0.39 is 43.7 Å². The first-order chi connectivity index (χ1) is 16.0. The number of hydrogen-bond donors (Lipinski definition) is 0. The smallest absolute Gasteiger partial charge is 0.417 e. The second-order valence-electron chi connectivity index (χ2n) is 8.53. The van der Waals surface area contributed by atoms with Gasteiger partial charge in [0.1, 0.15) is 6.04 Å². The summed E-state index contributed by atoms with van der Waals surface area (Å²) in [6.07, 6.45) is -3.41. The summed E-state index contributed by atoms with van der Waals surface area (Å²) in [5, 5.41) is 3.26. The standard InChI is InChI=1S/C22H26F3N3O5S/c1-27-17(14-7-9-33-10-8-14)12-20(26-27)28-13-15(11-18(28)21(29)32-2)34(30,31)19-6-4-3-5-16(19)22(23,24)25/h3-6,12,14-15,18H,7-11,13H2,1-2H3/t15-,18?/m1/s1. The van der Waals surface area contributed by atoms with Gasteiger partial charge in [0.15, 0.2) is 15.7 Å². The second-order valence-corrected chi connectivity index (χ2v) is 10.7. The van der Waals surface area contributed by atoms with Crippen LogP contribution in [0.4, 0.5) is 19.0 Å². The molecule has 12 heteroatoms. The van der Waals surface area contributed by atoms with Gasteiger partial charge in [-0.2, -0.15) is 18.3 Å². The molecule has 0 saturated carbocycles. The first kappa shape index (κ1) is 24.5. The molecule has 2 atom stereocenters. The molecule has 0 aliphatic carbocycles. The number of nitrogens with zero attached hydrogens (tertiary/aromatic N) is 3. The fraction of sp³-hybridized carbons (Fsp3) is 0.545. The van der Waals surface area contributed by atoms with Crippen LogP contribution in [0.5, 0.6) is 0 Å². The minimum Gasteiger partial charge on any atom is -0.467 e. The SMILES string of the molecule is COC(=O)C1C[C@@H](S(=O)(=O)c2ccccc2C(F)(F)F)CN1c1cc(C2CCOCC2)n(C)n1. The molecule has 8 nitrogen and oxygen atoms in total. The van der Waals surface area contributed by atoms with E-state index in [2.05, 4.69) is 5.10 Å². The van der Waals surface area contributed by atoms with Gasteiger partial charge in [-0.15, -0.1) is 0 Å². The van der Waals surface area contributed by atoms with Crippen molar-refractivity contribution < 1.29 is 35.9 Å². The molecule has 0 radical (unpaired) electrons. The van der Waals surface area contributed by atoms with Crippen LogP contribution in [0.15, 0.2) is 35.2 Å². The van der Waals surface area contributed by atoms with Crippen molar-refractivity contribution in [1.29, 1.82) is 0 Å². The van der Waals surface area contributed by atoms with Crippen molar-refractivity contribution in [2.24, 2.45) is 7.05 Å². The van der Waals surface area contributed by atoms with Crippen LogP contribution >= 0.6 is 0 Å². The lowest BCUT2D eigenvalue weighted by Crippen LogP contribution is -2.37. The van der Waals surface area contributed by atoms with Gasteiger partial charge in [0.25, 0.3) is 0 Å². The van der Waals surface area contributed by atoms with Gasteiger partial charge in [0.2, 0.25) is 0 Å². The first-order valence-corrected chi connectivity index (χ1v) is 12.4. The molecule has 1 aromatic heterocycles. The molecule has 2 aromatic rings. The molecule has 2 fully saturated rings.